The first-order chi connectivity index (χ1) is 21.4. The van der Waals surface area contributed by atoms with Gasteiger partial charge in [-0.15, -0.1) is 0 Å². The second-order valence-corrected chi connectivity index (χ2v) is 12.6. The summed E-state index contributed by atoms with van der Waals surface area (Å²) in [5.74, 6) is -1.87. The molecular formula is C30H35F4N7O3S. The van der Waals surface area contributed by atoms with Crippen molar-refractivity contribution in [3.63, 3.8) is 0 Å². The minimum atomic E-state index is -4.73. The number of carbonyl (C=O) groups is 2. The van der Waals surface area contributed by atoms with Crippen molar-refractivity contribution in [2.75, 3.05) is 42.9 Å². The quantitative estimate of drug-likeness (QED) is 0.296. The number of nitrogens with one attached hydrogen (secondary N) is 1. The molecule has 2 saturated heterocycles. The van der Waals surface area contributed by atoms with Crippen molar-refractivity contribution in [3.05, 3.63) is 52.5 Å². The third kappa shape index (κ3) is 8.13. The van der Waals surface area contributed by atoms with Crippen LogP contribution < -0.4 is 10.2 Å². The highest BCUT2D eigenvalue weighted by Gasteiger charge is 2.32. The van der Waals surface area contributed by atoms with E-state index < -0.39 is 29.4 Å². The fourth-order valence-corrected chi connectivity index (χ4v) is 6.79. The van der Waals surface area contributed by atoms with Gasteiger partial charge in [0, 0.05) is 55.2 Å². The molecule has 1 amide bonds. The van der Waals surface area contributed by atoms with Gasteiger partial charge in [-0.1, -0.05) is 17.8 Å². The van der Waals surface area contributed by atoms with E-state index in [2.05, 4.69) is 37.0 Å². The Balaban J connectivity index is 1.33. The lowest BCUT2D eigenvalue weighted by Gasteiger charge is -2.40. The fraction of sp³-hybridized carbons (Fsp3) is 0.500. The molecule has 2 aliphatic rings. The molecule has 2 aliphatic heterocycles. The Morgan fingerprint density at radius 2 is 1.87 bits per heavy atom. The van der Waals surface area contributed by atoms with Gasteiger partial charge in [-0.3, -0.25) is 24.7 Å². The van der Waals surface area contributed by atoms with E-state index in [4.69, 9.17) is 5.11 Å². The summed E-state index contributed by atoms with van der Waals surface area (Å²) < 4.78 is 54.9. The third-order valence-corrected chi connectivity index (χ3v) is 9.18. The Bertz CT molecular complexity index is 1520. The third-order valence-electron chi connectivity index (χ3n) is 8.22. The van der Waals surface area contributed by atoms with Crippen LogP contribution >= 0.6 is 11.3 Å². The van der Waals surface area contributed by atoms with Crippen molar-refractivity contribution in [1.29, 1.82) is 0 Å². The number of carboxylic acid groups (broad SMARTS) is 1. The molecule has 2 fully saturated rings. The highest BCUT2D eigenvalue weighted by atomic mass is 32.1. The lowest BCUT2D eigenvalue weighted by molar-refractivity contribution is -0.138. The zero-order chi connectivity index (χ0) is 32.3. The predicted octanol–water partition coefficient (Wildman–Crippen LogP) is 5.37. The van der Waals surface area contributed by atoms with Gasteiger partial charge in [0.25, 0.3) is 5.91 Å². The molecule has 4 heterocycles. The minimum Gasteiger partial charge on any atom is -0.481 e. The number of anilines is 2. The number of benzene rings is 1. The number of likely N-dealkylation sites (tertiary alicyclic amines) is 1. The zero-order valence-electron chi connectivity index (χ0n) is 25.0. The van der Waals surface area contributed by atoms with E-state index in [1.54, 1.807) is 0 Å². The fourth-order valence-electron chi connectivity index (χ4n) is 5.78. The predicted molar refractivity (Wildman–Crippen MR) is 162 cm³/mol. The maximum atomic E-state index is 14.4. The normalized spacial score (nSPS) is 19.9. The second kappa shape index (κ2) is 13.7. The Morgan fingerprint density at radius 1 is 1.07 bits per heavy atom. The lowest BCUT2D eigenvalue weighted by Crippen LogP contribution is -2.52. The molecule has 2 N–H and O–H groups in total. The Hall–Kier alpha value is -3.69. The van der Waals surface area contributed by atoms with Crippen LogP contribution in [0.2, 0.25) is 0 Å². The Morgan fingerprint density at radius 3 is 2.53 bits per heavy atom. The van der Waals surface area contributed by atoms with Crippen molar-refractivity contribution in [1.82, 2.24) is 24.8 Å². The number of nitrogens with zero attached hydrogens (tertiary/aromatic N) is 6. The molecule has 3 aromatic rings. The van der Waals surface area contributed by atoms with Crippen LogP contribution in [0.1, 0.15) is 60.5 Å². The number of alkyl halides is 3. The molecule has 2 aromatic heterocycles. The summed E-state index contributed by atoms with van der Waals surface area (Å²) in [7, 11) is 0. The monoisotopic (exact) mass is 649 g/mol. The number of rotatable bonds is 9. The van der Waals surface area contributed by atoms with Crippen molar-refractivity contribution in [3.8, 4) is 11.3 Å². The van der Waals surface area contributed by atoms with Gasteiger partial charge in [0.15, 0.2) is 5.13 Å². The number of halogens is 4. The number of piperidine rings is 1. The van der Waals surface area contributed by atoms with Crippen molar-refractivity contribution < 1.29 is 32.3 Å². The van der Waals surface area contributed by atoms with E-state index in [1.165, 1.54) is 12.4 Å². The van der Waals surface area contributed by atoms with Crippen LogP contribution in [0.15, 0.2) is 30.6 Å². The molecule has 0 aliphatic carbocycles. The van der Waals surface area contributed by atoms with Crippen LogP contribution in [0, 0.1) is 5.82 Å². The molecule has 242 valence electrons. The number of aliphatic carboxylic acids is 1. The first-order valence-electron chi connectivity index (χ1n) is 14.8. The van der Waals surface area contributed by atoms with Gasteiger partial charge in [-0.25, -0.2) is 19.3 Å². The van der Waals surface area contributed by atoms with Crippen LogP contribution in [0.5, 0.6) is 0 Å². The molecule has 45 heavy (non-hydrogen) atoms. The zero-order valence-corrected chi connectivity index (χ0v) is 25.8. The van der Waals surface area contributed by atoms with E-state index in [0.717, 1.165) is 49.3 Å². The van der Waals surface area contributed by atoms with E-state index in [9.17, 15) is 27.2 Å². The summed E-state index contributed by atoms with van der Waals surface area (Å²) in [5.41, 5.74) is -0.907. The van der Waals surface area contributed by atoms with E-state index >= 15 is 0 Å². The van der Waals surface area contributed by atoms with Gasteiger partial charge in [0.1, 0.15) is 17.3 Å². The molecule has 2 unspecified atom stereocenters. The van der Waals surface area contributed by atoms with Crippen LogP contribution in [0.3, 0.4) is 0 Å². The molecular weight excluding hydrogens is 614 g/mol. The lowest BCUT2D eigenvalue weighted by atomic mass is 10.0. The highest BCUT2D eigenvalue weighted by Crippen LogP contribution is 2.37. The molecule has 0 bridgehead atoms. The standard InChI is InChI=1S/C30H35F4N7O3S/c1-18-5-3-4-7-40(18)17-24-27(20-11-21(30(32,33)34)13-22(31)12-20)37-29(45-24)38-28(44)23-14-36-25(15-35-23)41-10-9-39(16-19(41)2)8-6-26(42)43/h11-15,18-19H,3-10,16-17H2,1-2H3,(H,42,43)(H,37,38,44). The van der Waals surface area contributed by atoms with Gasteiger partial charge in [-0.2, -0.15) is 13.2 Å². The van der Waals surface area contributed by atoms with Crippen LogP contribution in [0.4, 0.5) is 28.5 Å². The second-order valence-electron chi connectivity index (χ2n) is 11.5. The minimum absolute atomic E-state index is 0.0138. The van der Waals surface area contributed by atoms with Crippen LogP contribution in [-0.4, -0.2) is 86.5 Å². The maximum absolute atomic E-state index is 14.4. The highest BCUT2D eigenvalue weighted by molar-refractivity contribution is 7.16. The van der Waals surface area contributed by atoms with Crippen molar-refractivity contribution in [2.45, 2.75) is 64.3 Å². The summed E-state index contributed by atoms with van der Waals surface area (Å²) in [5, 5.41) is 11.8. The number of hydrogen-bond acceptors (Lipinski definition) is 9. The summed E-state index contributed by atoms with van der Waals surface area (Å²) in [4.78, 5) is 44.2. The van der Waals surface area contributed by atoms with Crippen LogP contribution in [0.25, 0.3) is 11.3 Å². The van der Waals surface area contributed by atoms with E-state index in [-0.39, 0.29) is 40.6 Å². The van der Waals surface area contributed by atoms with E-state index in [1.807, 2.05) is 11.8 Å². The number of carboxylic acids is 1. The molecule has 10 nitrogen and oxygen atoms in total. The SMILES string of the molecule is CC1CCCCN1Cc1sc(NC(=O)c2cnc(N3CCN(CCC(=O)O)CC3C)cn2)nc1-c1cc(F)cc(C(F)(F)F)c1. The largest absolute Gasteiger partial charge is 0.481 e. The topological polar surface area (TPSA) is 115 Å². The van der Waals surface area contributed by atoms with Crippen molar-refractivity contribution in [2.24, 2.45) is 0 Å². The Kier molecular flexibility index (Phi) is 9.99. The molecule has 0 radical (unpaired) electrons. The van der Waals surface area contributed by atoms with Gasteiger partial charge in [-0.05, 0) is 51.4 Å². The number of hydrogen-bond donors (Lipinski definition) is 2. The Labute approximate surface area is 262 Å². The smallest absolute Gasteiger partial charge is 0.416 e. The first kappa shape index (κ1) is 32.7. The molecule has 2 atom stereocenters. The van der Waals surface area contributed by atoms with Crippen LogP contribution in [-0.2, 0) is 17.5 Å². The average molecular weight is 650 g/mol. The molecule has 0 spiro atoms. The number of aromatic nitrogens is 3. The van der Waals surface area contributed by atoms with Gasteiger partial charge in [0.2, 0.25) is 0 Å². The summed E-state index contributed by atoms with van der Waals surface area (Å²) >= 11 is 1.14. The van der Waals surface area contributed by atoms with E-state index in [0.29, 0.717) is 49.5 Å². The number of amides is 1. The van der Waals surface area contributed by atoms with Crippen molar-refractivity contribution >= 4 is 34.2 Å². The number of carbonyl (C=O) groups excluding carboxylic acids is 1. The summed E-state index contributed by atoms with van der Waals surface area (Å²) in [6.45, 7) is 7.74. The number of piperazine rings is 1. The number of thiazole rings is 1. The average Bonchev–Trinajstić information content (AvgIpc) is 3.38. The summed E-state index contributed by atoms with van der Waals surface area (Å²) in [6, 6.07) is 2.67. The maximum Gasteiger partial charge on any atom is 0.416 e. The molecule has 5 rings (SSSR count). The molecule has 0 saturated carbocycles. The molecule has 15 heteroatoms. The van der Waals surface area contributed by atoms with Gasteiger partial charge in [0.05, 0.1) is 30.1 Å². The molecule has 1 aromatic carbocycles. The van der Waals surface area contributed by atoms with Gasteiger partial charge < -0.3 is 10.0 Å². The van der Waals surface area contributed by atoms with Gasteiger partial charge >= 0.3 is 12.1 Å². The summed E-state index contributed by atoms with van der Waals surface area (Å²) in [6.07, 6.45) is 1.27. The first-order valence-corrected chi connectivity index (χ1v) is 15.6.